The predicted octanol–water partition coefficient (Wildman–Crippen LogP) is 3.82. The van der Waals surface area contributed by atoms with E-state index in [2.05, 4.69) is 15.3 Å². The topological polar surface area (TPSA) is 58.0 Å². The maximum Gasteiger partial charge on any atom is 0.224 e. The van der Waals surface area contributed by atoms with E-state index in [9.17, 15) is 0 Å². The molecule has 0 saturated carbocycles. The van der Waals surface area contributed by atoms with Crippen LogP contribution < -0.4 is 5.32 Å². The Labute approximate surface area is 138 Å². The Morgan fingerprint density at radius 3 is 2.48 bits per heavy atom. The highest BCUT2D eigenvalue weighted by molar-refractivity contribution is 6.36. The fraction of sp³-hybridized carbons (Fsp3) is 0.286. The molecule has 1 aromatic heterocycles. The molecular formula is C14H14Cl3N3O. The van der Waals surface area contributed by atoms with E-state index in [0.29, 0.717) is 35.2 Å². The molecule has 0 fully saturated rings. The summed E-state index contributed by atoms with van der Waals surface area (Å²) >= 11 is 18.2. The van der Waals surface area contributed by atoms with Crippen LogP contribution >= 0.6 is 34.8 Å². The molecule has 7 heteroatoms. The lowest BCUT2D eigenvalue weighted by Gasteiger charge is -2.09. The average Bonchev–Trinajstić information content (AvgIpc) is 2.43. The van der Waals surface area contributed by atoms with Crippen LogP contribution in [0.2, 0.25) is 15.3 Å². The molecule has 0 aliphatic carbocycles. The molecule has 2 aromatic rings. The van der Waals surface area contributed by atoms with Crippen molar-refractivity contribution < 1.29 is 5.11 Å². The van der Waals surface area contributed by atoms with Gasteiger partial charge in [-0.2, -0.15) is 0 Å². The lowest BCUT2D eigenvalue weighted by Crippen LogP contribution is -2.07. The van der Waals surface area contributed by atoms with E-state index < -0.39 is 0 Å². The summed E-state index contributed by atoms with van der Waals surface area (Å²) in [7, 11) is 0. The summed E-state index contributed by atoms with van der Waals surface area (Å²) in [5, 5.41) is 13.2. The van der Waals surface area contributed by atoms with Crippen LogP contribution in [0.1, 0.15) is 17.7 Å². The number of rotatable bonds is 6. The van der Waals surface area contributed by atoms with E-state index in [1.54, 1.807) is 24.3 Å². The summed E-state index contributed by atoms with van der Waals surface area (Å²) in [6.45, 7) is 0.726. The second-order valence-corrected chi connectivity index (χ2v) is 5.55. The minimum Gasteiger partial charge on any atom is -0.396 e. The number of benzene rings is 1. The van der Waals surface area contributed by atoms with Crippen molar-refractivity contribution in [1.29, 1.82) is 0 Å². The highest BCUT2D eigenvalue weighted by Gasteiger charge is 2.09. The second kappa shape index (κ2) is 7.80. The Balaban J connectivity index is 2.20. The van der Waals surface area contributed by atoms with Crippen molar-refractivity contribution in [2.75, 3.05) is 18.5 Å². The largest absolute Gasteiger partial charge is 0.396 e. The lowest BCUT2D eigenvalue weighted by molar-refractivity contribution is 0.292. The van der Waals surface area contributed by atoms with Crippen LogP contribution in [0, 0.1) is 0 Å². The molecule has 0 radical (unpaired) electrons. The van der Waals surface area contributed by atoms with E-state index in [4.69, 9.17) is 39.9 Å². The molecule has 0 atom stereocenters. The smallest absolute Gasteiger partial charge is 0.224 e. The normalized spacial score (nSPS) is 10.7. The van der Waals surface area contributed by atoms with Crippen molar-refractivity contribution in [1.82, 2.24) is 9.97 Å². The van der Waals surface area contributed by atoms with Crippen LogP contribution in [0.15, 0.2) is 24.3 Å². The number of aliphatic hydroxyl groups is 1. The average molecular weight is 347 g/mol. The number of hydrogen-bond acceptors (Lipinski definition) is 4. The van der Waals surface area contributed by atoms with Gasteiger partial charge in [-0.05, 0) is 35.7 Å². The van der Waals surface area contributed by atoms with Crippen molar-refractivity contribution in [3.63, 3.8) is 0 Å². The highest BCUT2D eigenvalue weighted by atomic mass is 35.5. The number of aromatic nitrogens is 2. The molecule has 4 nitrogen and oxygen atoms in total. The molecule has 2 N–H and O–H groups in total. The first-order chi connectivity index (χ1) is 10.1. The zero-order valence-electron chi connectivity index (χ0n) is 11.1. The summed E-state index contributed by atoms with van der Waals surface area (Å²) in [5.41, 5.74) is 1.52. The van der Waals surface area contributed by atoms with Crippen molar-refractivity contribution in [2.24, 2.45) is 0 Å². The highest BCUT2D eigenvalue weighted by Crippen LogP contribution is 2.27. The molecular weight excluding hydrogens is 333 g/mol. The Kier molecular flexibility index (Phi) is 6.06. The quantitative estimate of drug-likeness (QED) is 0.616. The van der Waals surface area contributed by atoms with Crippen molar-refractivity contribution >= 4 is 40.6 Å². The first-order valence-electron chi connectivity index (χ1n) is 6.41. The number of anilines is 1. The first-order valence-corrected chi connectivity index (χ1v) is 7.54. The van der Waals surface area contributed by atoms with Crippen LogP contribution in [-0.2, 0) is 6.42 Å². The number of hydrogen-bond donors (Lipinski definition) is 2. The van der Waals surface area contributed by atoms with Gasteiger partial charge in [0.1, 0.15) is 5.82 Å². The molecule has 0 unspecified atom stereocenters. The molecule has 2 rings (SSSR count). The Bertz CT molecular complexity index is 602. The monoisotopic (exact) mass is 345 g/mol. The van der Waals surface area contributed by atoms with Gasteiger partial charge in [-0.15, -0.1) is 0 Å². The Morgan fingerprint density at radius 2 is 1.81 bits per heavy atom. The van der Waals surface area contributed by atoms with Crippen LogP contribution in [0.3, 0.4) is 0 Å². The van der Waals surface area contributed by atoms with Crippen molar-refractivity contribution in [2.45, 2.75) is 12.8 Å². The fourth-order valence-corrected chi connectivity index (χ4v) is 2.55. The lowest BCUT2D eigenvalue weighted by atomic mass is 10.1. The number of halogens is 3. The van der Waals surface area contributed by atoms with Crippen LogP contribution in [0.4, 0.5) is 5.82 Å². The first kappa shape index (κ1) is 16.3. The maximum absolute atomic E-state index is 8.78. The van der Waals surface area contributed by atoms with Crippen molar-refractivity contribution in [3.05, 3.63) is 50.9 Å². The molecule has 0 aliphatic heterocycles. The van der Waals surface area contributed by atoms with E-state index in [-0.39, 0.29) is 11.9 Å². The van der Waals surface area contributed by atoms with E-state index >= 15 is 0 Å². The summed E-state index contributed by atoms with van der Waals surface area (Å²) in [4.78, 5) is 8.27. The van der Waals surface area contributed by atoms with Gasteiger partial charge < -0.3 is 10.4 Å². The van der Waals surface area contributed by atoms with Crippen LogP contribution in [0.25, 0.3) is 0 Å². The SMILES string of the molecule is OCCCNc1cc(Cc2c(Cl)cccc2Cl)nc(Cl)n1. The van der Waals surface area contributed by atoms with E-state index in [1.165, 1.54) is 0 Å². The minimum absolute atomic E-state index is 0.119. The molecule has 1 heterocycles. The molecule has 0 aliphatic rings. The Hall–Kier alpha value is -1.07. The summed E-state index contributed by atoms with van der Waals surface area (Å²) in [6.07, 6.45) is 1.10. The van der Waals surface area contributed by atoms with Gasteiger partial charge >= 0.3 is 0 Å². The fourth-order valence-electron chi connectivity index (χ4n) is 1.82. The van der Waals surface area contributed by atoms with Gasteiger partial charge in [-0.1, -0.05) is 29.3 Å². The van der Waals surface area contributed by atoms with Gasteiger partial charge in [0.05, 0.1) is 5.69 Å². The molecule has 0 amide bonds. The molecule has 112 valence electrons. The summed E-state index contributed by atoms with van der Waals surface area (Å²) < 4.78 is 0. The zero-order valence-corrected chi connectivity index (χ0v) is 13.4. The zero-order chi connectivity index (χ0) is 15.2. The van der Waals surface area contributed by atoms with Gasteiger partial charge in [0.15, 0.2) is 0 Å². The molecule has 0 saturated heterocycles. The predicted molar refractivity (Wildman–Crippen MR) is 86.5 cm³/mol. The molecule has 0 bridgehead atoms. The Morgan fingerprint density at radius 1 is 1.10 bits per heavy atom. The van der Waals surface area contributed by atoms with Gasteiger partial charge in [0.25, 0.3) is 0 Å². The molecule has 1 aromatic carbocycles. The third-order valence-corrected chi connectivity index (χ3v) is 3.69. The standard InChI is InChI=1S/C14H14Cl3N3O/c15-11-3-1-4-12(16)10(11)7-9-8-13(18-5-2-6-21)20-14(17)19-9/h1,3-4,8,21H,2,5-7H2,(H,18,19,20). The number of aliphatic hydroxyl groups excluding tert-OH is 1. The second-order valence-electron chi connectivity index (χ2n) is 4.39. The summed E-state index contributed by atoms with van der Waals surface area (Å²) in [6, 6.07) is 7.16. The van der Waals surface area contributed by atoms with Crippen LogP contribution in [-0.4, -0.2) is 28.2 Å². The third kappa shape index (κ3) is 4.71. The summed E-state index contributed by atoms with van der Waals surface area (Å²) in [5.74, 6) is 0.613. The van der Waals surface area contributed by atoms with E-state index in [0.717, 1.165) is 11.3 Å². The number of nitrogens with one attached hydrogen (secondary N) is 1. The molecule has 21 heavy (non-hydrogen) atoms. The van der Waals surface area contributed by atoms with Gasteiger partial charge in [-0.25, -0.2) is 9.97 Å². The van der Waals surface area contributed by atoms with Crippen molar-refractivity contribution in [3.8, 4) is 0 Å². The maximum atomic E-state index is 8.78. The number of nitrogens with zero attached hydrogens (tertiary/aromatic N) is 2. The van der Waals surface area contributed by atoms with Crippen LogP contribution in [0.5, 0.6) is 0 Å². The van der Waals surface area contributed by atoms with Gasteiger partial charge in [0.2, 0.25) is 5.28 Å². The third-order valence-electron chi connectivity index (χ3n) is 2.81. The van der Waals surface area contributed by atoms with Gasteiger partial charge in [0, 0.05) is 35.7 Å². The van der Waals surface area contributed by atoms with Gasteiger partial charge in [-0.3, -0.25) is 0 Å². The van der Waals surface area contributed by atoms with E-state index in [1.807, 2.05) is 0 Å². The molecule has 0 spiro atoms. The minimum atomic E-state index is 0.119.